The number of benzene rings is 1. The molecule has 2 N–H and O–H groups in total. The Morgan fingerprint density at radius 1 is 1.32 bits per heavy atom. The van der Waals surface area contributed by atoms with Gasteiger partial charge in [0.15, 0.2) is 0 Å². The Hall–Kier alpha value is -1.95. The van der Waals surface area contributed by atoms with Crippen LogP contribution in [0.25, 0.3) is 0 Å². The normalized spacial score (nSPS) is 10.1. The number of hydrogen-bond donors (Lipinski definition) is 2. The summed E-state index contributed by atoms with van der Waals surface area (Å²) < 4.78 is 18.2. The average Bonchev–Trinajstić information content (AvgIpc) is 2.39. The summed E-state index contributed by atoms with van der Waals surface area (Å²) in [4.78, 5) is 23.0. The summed E-state index contributed by atoms with van der Waals surface area (Å²) in [7, 11) is 1.52. The van der Waals surface area contributed by atoms with Crippen molar-refractivity contribution in [2.24, 2.45) is 0 Å². The fraction of sp³-hybridized carbons (Fsp3) is 0.385. The predicted molar refractivity (Wildman–Crippen MR) is 68.4 cm³/mol. The molecule has 0 aliphatic carbocycles. The SMILES string of the molecule is COCCNC(=O)CNC(=O)c1cc(C)ccc1F. The first-order valence-corrected chi connectivity index (χ1v) is 5.84. The molecule has 0 saturated carbocycles. The van der Waals surface area contributed by atoms with Crippen LogP contribution in [-0.4, -0.2) is 38.6 Å². The van der Waals surface area contributed by atoms with Gasteiger partial charge in [0.2, 0.25) is 5.91 Å². The van der Waals surface area contributed by atoms with E-state index in [0.717, 1.165) is 5.56 Å². The molecule has 2 amide bonds. The maximum atomic E-state index is 13.4. The smallest absolute Gasteiger partial charge is 0.254 e. The number of ether oxygens (including phenoxy) is 1. The molecule has 5 nitrogen and oxygen atoms in total. The summed E-state index contributed by atoms with van der Waals surface area (Å²) in [6.45, 7) is 2.32. The van der Waals surface area contributed by atoms with E-state index in [4.69, 9.17) is 4.74 Å². The molecule has 0 aromatic heterocycles. The molecule has 1 aromatic rings. The van der Waals surface area contributed by atoms with Crippen molar-refractivity contribution in [2.75, 3.05) is 26.8 Å². The fourth-order valence-electron chi connectivity index (χ4n) is 1.42. The highest BCUT2D eigenvalue weighted by atomic mass is 19.1. The molecule has 0 heterocycles. The first-order valence-electron chi connectivity index (χ1n) is 5.84. The molecule has 0 fully saturated rings. The number of halogens is 1. The minimum absolute atomic E-state index is 0.0651. The highest BCUT2D eigenvalue weighted by Crippen LogP contribution is 2.09. The molecule has 0 saturated heterocycles. The van der Waals surface area contributed by atoms with E-state index in [1.807, 2.05) is 0 Å². The molecule has 0 aliphatic rings. The lowest BCUT2D eigenvalue weighted by Crippen LogP contribution is -2.38. The monoisotopic (exact) mass is 268 g/mol. The highest BCUT2D eigenvalue weighted by Gasteiger charge is 2.12. The highest BCUT2D eigenvalue weighted by molar-refractivity contribution is 5.96. The van der Waals surface area contributed by atoms with E-state index in [2.05, 4.69) is 10.6 Å². The zero-order valence-electron chi connectivity index (χ0n) is 11.0. The Balaban J connectivity index is 2.47. The number of amides is 2. The molecular formula is C13H17FN2O3. The summed E-state index contributed by atoms with van der Waals surface area (Å²) in [5.74, 6) is -1.57. The summed E-state index contributed by atoms with van der Waals surface area (Å²) in [5, 5.41) is 4.91. The van der Waals surface area contributed by atoms with Gasteiger partial charge in [-0.3, -0.25) is 9.59 Å². The summed E-state index contributed by atoms with van der Waals surface area (Å²) >= 11 is 0. The third-order valence-corrected chi connectivity index (χ3v) is 2.40. The van der Waals surface area contributed by atoms with E-state index in [1.54, 1.807) is 13.0 Å². The Morgan fingerprint density at radius 3 is 2.74 bits per heavy atom. The number of carbonyl (C=O) groups is 2. The molecule has 1 aromatic carbocycles. The Bertz CT molecular complexity index is 463. The molecule has 0 spiro atoms. The van der Waals surface area contributed by atoms with E-state index in [0.29, 0.717) is 13.2 Å². The van der Waals surface area contributed by atoms with Crippen molar-refractivity contribution in [2.45, 2.75) is 6.92 Å². The van der Waals surface area contributed by atoms with E-state index in [1.165, 1.54) is 19.2 Å². The number of hydrogen-bond acceptors (Lipinski definition) is 3. The molecule has 0 aliphatic heterocycles. The topological polar surface area (TPSA) is 67.4 Å². The van der Waals surface area contributed by atoms with Crippen molar-refractivity contribution in [1.82, 2.24) is 10.6 Å². The predicted octanol–water partition coefficient (Wildman–Crippen LogP) is 0.627. The largest absolute Gasteiger partial charge is 0.383 e. The number of methoxy groups -OCH3 is 1. The fourth-order valence-corrected chi connectivity index (χ4v) is 1.42. The molecule has 6 heteroatoms. The van der Waals surface area contributed by atoms with Gasteiger partial charge in [0.1, 0.15) is 5.82 Å². The molecule has 19 heavy (non-hydrogen) atoms. The van der Waals surface area contributed by atoms with E-state index in [-0.39, 0.29) is 18.0 Å². The number of nitrogens with one attached hydrogen (secondary N) is 2. The zero-order valence-corrected chi connectivity index (χ0v) is 11.0. The van der Waals surface area contributed by atoms with Gasteiger partial charge in [-0.2, -0.15) is 0 Å². The van der Waals surface area contributed by atoms with Crippen LogP contribution in [-0.2, 0) is 9.53 Å². The second-order valence-electron chi connectivity index (χ2n) is 4.01. The quantitative estimate of drug-likeness (QED) is 0.743. The first-order chi connectivity index (χ1) is 9.04. The van der Waals surface area contributed by atoms with Gasteiger partial charge in [0.05, 0.1) is 18.7 Å². The van der Waals surface area contributed by atoms with E-state index >= 15 is 0 Å². The van der Waals surface area contributed by atoms with Crippen molar-refractivity contribution in [1.29, 1.82) is 0 Å². The van der Waals surface area contributed by atoms with Crippen LogP contribution in [0.2, 0.25) is 0 Å². The first kappa shape index (κ1) is 15.1. The Morgan fingerprint density at radius 2 is 2.05 bits per heavy atom. The number of aryl methyl sites for hydroxylation is 1. The summed E-state index contributed by atoms with van der Waals surface area (Å²) in [5.41, 5.74) is 0.709. The lowest BCUT2D eigenvalue weighted by molar-refractivity contribution is -0.120. The van der Waals surface area contributed by atoms with Crippen molar-refractivity contribution >= 4 is 11.8 Å². The minimum atomic E-state index is -0.608. The summed E-state index contributed by atoms with van der Waals surface area (Å²) in [6, 6.07) is 4.24. The van der Waals surface area contributed by atoms with Crippen molar-refractivity contribution in [3.63, 3.8) is 0 Å². The van der Waals surface area contributed by atoms with Crippen LogP contribution in [0.15, 0.2) is 18.2 Å². The van der Waals surface area contributed by atoms with Gasteiger partial charge >= 0.3 is 0 Å². The lowest BCUT2D eigenvalue weighted by Gasteiger charge is -2.07. The van der Waals surface area contributed by atoms with Crippen LogP contribution >= 0.6 is 0 Å². The van der Waals surface area contributed by atoms with E-state index in [9.17, 15) is 14.0 Å². The van der Waals surface area contributed by atoms with Crippen molar-refractivity contribution in [3.8, 4) is 0 Å². The van der Waals surface area contributed by atoms with Crippen molar-refractivity contribution in [3.05, 3.63) is 35.1 Å². The Labute approximate surface area is 111 Å². The third kappa shape index (κ3) is 5.05. The second-order valence-corrected chi connectivity index (χ2v) is 4.01. The minimum Gasteiger partial charge on any atom is -0.383 e. The zero-order chi connectivity index (χ0) is 14.3. The standard InChI is InChI=1S/C13H17FN2O3/c1-9-3-4-11(14)10(7-9)13(18)16-8-12(17)15-5-6-19-2/h3-4,7H,5-6,8H2,1-2H3,(H,15,17)(H,16,18). The maximum Gasteiger partial charge on any atom is 0.254 e. The number of rotatable bonds is 6. The molecule has 0 unspecified atom stereocenters. The van der Waals surface area contributed by atoms with Gasteiger partial charge in [-0.1, -0.05) is 11.6 Å². The maximum absolute atomic E-state index is 13.4. The van der Waals surface area contributed by atoms with Gasteiger partial charge in [-0.25, -0.2) is 4.39 Å². The molecule has 0 bridgehead atoms. The van der Waals surface area contributed by atoms with Gasteiger partial charge in [-0.15, -0.1) is 0 Å². The van der Waals surface area contributed by atoms with Gasteiger partial charge in [0, 0.05) is 13.7 Å². The van der Waals surface area contributed by atoms with Crippen molar-refractivity contribution < 1.29 is 18.7 Å². The number of carbonyl (C=O) groups excluding carboxylic acids is 2. The molecule has 1 rings (SSSR count). The second kappa shape index (κ2) is 7.48. The van der Waals surface area contributed by atoms with Gasteiger partial charge < -0.3 is 15.4 Å². The Kier molecular flexibility index (Phi) is 5.95. The van der Waals surface area contributed by atoms with Gasteiger partial charge in [0.25, 0.3) is 5.91 Å². The van der Waals surface area contributed by atoms with Crippen LogP contribution in [0.1, 0.15) is 15.9 Å². The van der Waals surface area contributed by atoms with Crippen LogP contribution in [0, 0.1) is 12.7 Å². The van der Waals surface area contributed by atoms with Crippen LogP contribution in [0.3, 0.4) is 0 Å². The summed E-state index contributed by atoms with van der Waals surface area (Å²) in [6.07, 6.45) is 0. The van der Waals surface area contributed by atoms with E-state index < -0.39 is 11.7 Å². The van der Waals surface area contributed by atoms with Crippen LogP contribution < -0.4 is 10.6 Å². The van der Waals surface area contributed by atoms with Gasteiger partial charge in [-0.05, 0) is 19.1 Å². The molecule has 0 atom stereocenters. The molecular weight excluding hydrogens is 251 g/mol. The van der Waals surface area contributed by atoms with Crippen LogP contribution in [0.4, 0.5) is 4.39 Å². The molecule has 0 radical (unpaired) electrons. The third-order valence-electron chi connectivity index (χ3n) is 2.40. The lowest BCUT2D eigenvalue weighted by atomic mass is 10.1. The van der Waals surface area contributed by atoms with Crippen LogP contribution in [0.5, 0.6) is 0 Å². The average molecular weight is 268 g/mol. The molecule has 104 valence electrons.